The highest BCUT2D eigenvalue weighted by Crippen LogP contribution is 2.06. The molecule has 1 unspecified atom stereocenters. The Morgan fingerprint density at radius 2 is 2.00 bits per heavy atom. The molecule has 0 saturated heterocycles. The second kappa shape index (κ2) is 5.55. The Kier molecular flexibility index (Phi) is 5.51. The fraction of sp³-hybridized carbons (Fsp3) is 1.00. The molecule has 0 aliphatic rings. The van der Waals surface area contributed by atoms with E-state index in [1.165, 1.54) is 12.8 Å². The maximum atomic E-state index is 5.90. The van der Waals surface area contributed by atoms with Gasteiger partial charge >= 0.3 is 0 Å². The second-order valence-corrected chi connectivity index (χ2v) is 4.40. The van der Waals surface area contributed by atoms with Crippen LogP contribution in [-0.2, 0) is 0 Å². The molecule has 0 fully saturated rings. The topological polar surface area (TPSA) is 38.0 Å². The molecule has 2 nitrogen and oxygen atoms in total. The summed E-state index contributed by atoms with van der Waals surface area (Å²) in [6.45, 7) is 9.67. The smallest absolute Gasteiger partial charge is 0.0112 e. The average molecular weight is 172 g/mol. The van der Waals surface area contributed by atoms with Gasteiger partial charge in [-0.25, -0.2) is 0 Å². The maximum absolute atomic E-state index is 5.90. The Bertz CT molecular complexity index is 105. The van der Waals surface area contributed by atoms with Crippen LogP contribution in [0, 0.1) is 0 Å². The van der Waals surface area contributed by atoms with Crippen LogP contribution in [0.2, 0.25) is 0 Å². The summed E-state index contributed by atoms with van der Waals surface area (Å²) in [6, 6.07) is 0.538. The Labute approximate surface area is 76.9 Å². The normalized spacial score (nSPS) is 14.8. The van der Waals surface area contributed by atoms with Gasteiger partial charge in [0.15, 0.2) is 0 Å². The number of rotatable bonds is 6. The zero-order valence-corrected chi connectivity index (χ0v) is 8.98. The van der Waals surface area contributed by atoms with Crippen LogP contribution in [0.5, 0.6) is 0 Å². The minimum Gasteiger partial charge on any atom is -0.326 e. The molecule has 0 heterocycles. The van der Waals surface area contributed by atoms with E-state index < -0.39 is 0 Å². The highest BCUT2D eigenvalue weighted by atomic mass is 14.9. The molecule has 0 amide bonds. The molecule has 74 valence electrons. The van der Waals surface area contributed by atoms with E-state index in [1.807, 2.05) is 0 Å². The number of unbranched alkanes of at least 4 members (excludes halogenated alkanes) is 1. The number of nitrogens with one attached hydrogen (secondary N) is 1. The maximum Gasteiger partial charge on any atom is 0.0112 e. The van der Waals surface area contributed by atoms with Gasteiger partial charge in [-0.3, -0.25) is 0 Å². The van der Waals surface area contributed by atoms with Crippen molar-refractivity contribution < 1.29 is 0 Å². The monoisotopic (exact) mass is 172 g/mol. The lowest BCUT2D eigenvalue weighted by molar-refractivity contribution is 0.388. The highest BCUT2D eigenvalue weighted by Gasteiger charge is 2.14. The third-order valence-corrected chi connectivity index (χ3v) is 1.86. The van der Waals surface area contributed by atoms with Crippen molar-refractivity contribution in [1.29, 1.82) is 0 Å². The van der Waals surface area contributed by atoms with Crippen molar-refractivity contribution in [3.63, 3.8) is 0 Å². The predicted molar refractivity (Wildman–Crippen MR) is 55.3 cm³/mol. The van der Waals surface area contributed by atoms with E-state index in [0.717, 1.165) is 13.0 Å². The molecule has 0 bridgehead atoms. The van der Waals surface area contributed by atoms with Crippen molar-refractivity contribution in [2.24, 2.45) is 5.73 Å². The fourth-order valence-electron chi connectivity index (χ4n) is 1.39. The summed E-state index contributed by atoms with van der Waals surface area (Å²) in [5, 5.41) is 3.46. The first-order valence-corrected chi connectivity index (χ1v) is 4.98. The molecule has 0 aliphatic heterocycles. The van der Waals surface area contributed by atoms with Crippen molar-refractivity contribution in [3.8, 4) is 0 Å². The van der Waals surface area contributed by atoms with Crippen LogP contribution >= 0.6 is 0 Å². The summed E-state index contributed by atoms with van der Waals surface area (Å²) in [5.74, 6) is 0. The number of hydrogen-bond donors (Lipinski definition) is 2. The first kappa shape index (κ1) is 11.9. The molecular weight excluding hydrogens is 148 g/mol. The zero-order chi connectivity index (χ0) is 9.61. The quantitative estimate of drug-likeness (QED) is 0.600. The van der Waals surface area contributed by atoms with E-state index in [2.05, 4.69) is 33.0 Å². The van der Waals surface area contributed by atoms with Gasteiger partial charge in [0.25, 0.3) is 0 Å². The summed E-state index contributed by atoms with van der Waals surface area (Å²) < 4.78 is 0. The first-order valence-electron chi connectivity index (χ1n) is 4.98. The summed E-state index contributed by atoms with van der Waals surface area (Å²) in [7, 11) is 0. The van der Waals surface area contributed by atoms with Crippen molar-refractivity contribution >= 4 is 0 Å². The molecule has 12 heavy (non-hydrogen) atoms. The molecule has 2 heteroatoms. The molecule has 0 aliphatic carbocycles. The number of hydrogen-bond acceptors (Lipinski definition) is 2. The van der Waals surface area contributed by atoms with Gasteiger partial charge in [0.1, 0.15) is 0 Å². The van der Waals surface area contributed by atoms with Crippen LogP contribution in [0.3, 0.4) is 0 Å². The van der Waals surface area contributed by atoms with E-state index in [-0.39, 0.29) is 5.54 Å². The van der Waals surface area contributed by atoms with E-state index in [1.54, 1.807) is 0 Å². The molecule has 3 N–H and O–H groups in total. The molecule has 0 aromatic heterocycles. The van der Waals surface area contributed by atoms with Gasteiger partial charge in [0, 0.05) is 11.6 Å². The fourth-order valence-corrected chi connectivity index (χ4v) is 1.39. The first-order chi connectivity index (χ1) is 5.45. The van der Waals surface area contributed by atoms with Gasteiger partial charge in [0.05, 0.1) is 0 Å². The van der Waals surface area contributed by atoms with Crippen LogP contribution < -0.4 is 11.1 Å². The Morgan fingerprint density at radius 3 is 2.42 bits per heavy atom. The zero-order valence-electron chi connectivity index (χ0n) is 8.98. The van der Waals surface area contributed by atoms with Gasteiger partial charge in [-0.2, -0.15) is 0 Å². The van der Waals surface area contributed by atoms with Crippen LogP contribution in [0.4, 0.5) is 0 Å². The second-order valence-electron chi connectivity index (χ2n) is 4.40. The van der Waals surface area contributed by atoms with E-state index in [4.69, 9.17) is 5.73 Å². The van der Waals surface area contributed by atoms with Gasteiger partial charge in [-0.05, 0) is 40.2 Å². The average Bonchev–Trinajstić information content (AvgIpc) is 1.84. The molecule has 0 saturated carbocycles. The Balaban J connectivity index is 3.40. The molecule has 0 rings (SSSR count). The van der Waals surface area contributed by atoms with Crippen LogP contribution in [-0.4, -0.2) is 18.1 Å². The SMILES string of the molecule is CCCCNC(C)CC(C)(C)N. The van der Waals surface area contributed by atoms with Gasteiger partial charge in [-0.15, -0.1) is 0 Å². The van der Waals surface area contributed by atoms with Crippen LogP contribution in [0.1, 0.15) is 47.0 Å². The van der Waals surface area contributed by atoms with E-state index >= 15 is 0 Å². The van der Waals surface area contributed by atoms with Crippen LogP contribution in [0.15, 0.2) is 0 Å². The van der Waals surface area contributed by atoms with Crippen molar-refractivity contribution in [2.45, 2.75) is 58.5 Å². The Hall–Kier alpha value is -0.0800. The van der Waals surface area contributed by atoms with Crippen molar-refractivity contribution in [1.82, 2.24) is 5.32 Å². The Morgan fingerprint density at radius 1 is 1.42 bits per heavy atom. The lowest BCUT2D eigenvalue weighted by atomic mass is 9.97. The molecule has 0 aromatic rings. The van der Waals surface area contributed by atoms with E-state index in [0.29, 0.717) is 6.04 Å². The lowest BCUT2D eigenvalue weighted by Gasteiger charge is -2.24. The highest BCUT2D eigenvalue weighted by molar-refractivity contribution is 4.77. The molecule has 0 aromatic carbocycles. The minimum absolute atomic E-state index is 0.0430. The summed E-state index contributed by atoms with van der Waals surface area (Å²) in [5.41, 5.74) is 5.86. The predicted octanol–water partition coefficient (Wildman–Crippen LogP) is 1.89. The van der Waals surface area contributed by atoms with Crippen LogP contribution in [0.25, 0.3) is 0 Å². The van der Waals surface area contributed by atoms with Gasteiger partial charge in [-0.1, -0.05) is 13.3 Å². The largest absolute Gasteiger partial charge is 0.326 e. The minimum atomic E-state index is -0.0430. The third-order valence-electron chi connectivity index (χ3n) is 1.86. The summed E-state index contributed by atoms with van der Waals surface area (Å²) >= 11 is 0. The number of nitrogens with two attached hydrogens (primary N) is 1. The molecule has 1 atom stereocenters. The van der Waals surface area contributed by atoms with Gasteiger partial charge < -0.3 is 11.1 Å². The van der Waals surface area contributed by atoms with Crippen molar-refractivity contribution in [3.05, 3.63) is 0 Å². The molecular formula is C10H24N2. The van der Waals surface area contributed by atoms with Gasteiger partial charge in [0.2, 0.25) is 0 Å². The van der Waals surface area contributed by atoms with E-state index in [9.17, 15) is 0 Å². The standard InChI is InChI=1S/C10H24N2/c1-5-6-7-12-9(2)8-10(3,4)11/h9,12H,5-8,11H2,1-4H3. The summed E-state index contributed by atoms with van der Waals surface area (Å²) in [4.78, 5) is 0. The molecule has 0 spiro atoms. The summed E-state index contributed by atoms with van der Waals surface area (Å²) in [6.07, 6.45) is 3.55. The lowest BCUT2D eigenvalue weighted by Crippen LogP contribution is -2.40. The van der Waals surface area contributed by atoms with Crippen molar-refractivity contribution in [2.75, 3.05) is 6.54 Å². The molecule has 0 radical (unpaired) electrons. The third kappa shape index (κ3) is 8.02.